The van der Waals surface area contributed by atoms with Crippen molar-refractivity contribution in [3.63, 3.8) is 0 Å². The molecule has 82 valence electrons. The van der Waals surface area contributed by atoms with Crippen LogP contribution in [0.2, 0.25) is 0 Å². The standard InChI is InChI=1S/C9H9F3N2O/c10-9(11,12)6-3-7-5-13-1-2-14(7)8(15)4-6/h3-4,13H,1-2,5H2. The zero-order valence-corrected chi connectivity index (χ0v) is 7.77. The van der Waals surface area contributed by atoms with Crippen LogP contribution in [0, 0.1) is 0 Å². The minimum Gasteiger partial charge on any atom is -0.310 e. The quantitative estimate of drug-likeness (QED) is 0.704. The fraction of sp³-hybridized carbons (Fsp3) is 0.444. The highest BCUT2D eigenvalue weighted by Gasteiger charge is 2.32. The fourth-order valence-corrected chi connectivity index (χ4v) is 1.62. The molecule has 2 heterocycles. The number of hydrogen-bond donors (Lipinski definition) is 1. The molecule has 0 radical (unpaired) electrons. The first kappa shape index (κ1) is 10.2. The van der Waals surface area contributed by atoms with Crippen LogP contribution in [-0.4, -0.2) is 11.1 Å². The number of hydrogen-bond acceptors (Lipinski definition) is 2. The molecule has 1 aromatic heterocycles. The summed E-state index contributed by atoms with van der Waals surface area (Å²) >= 11 is 0. The summed E-state index contributed by atoms with van der Waals surface area (Å²) in [6.45, 7) is 1.34. The van der Waals surface area contributed by atoms with Gasteiger partial charge in [0.25, 0.3) is 5.56 Å². The molecule has 3 nitrogen and oxygen atoms in total. The maximum atomic E-state index is 12.4. The summed E-state index contributed by atoms with van der Waals surface area (Å²) in [6, 6.07) is 1.67. The Labute approximate surface area is 83.5 Å². The Bertz CT molecular complexity index is 436. The Morgan fingerprint density at radius 2 is 2.07 bits per heavy atom. The molecular weight excluding hydrogens is 209 g/mol. The smallest absolute Gasteiger partial charge is 0.310 e. The monoisotopic (exact) mass is 218 g/mol. The molecular formula is C9H9F3N2O. The lowest BCUT2D eigenvalue weighted by atomic mass is 10.2. The van der Waals surface area contributed by atoms with Crippen molar-refractivity contribution >= 4 is 0 Å². The molecule has 1 N–H and O–H groups in total. The molecule has 0 atom stereocenters. The molecule has 2 rings (SSSR count). The third kappa shape index (κ3) is 1.90. The molecule has 0 saturated heterocycles. The largest absolute Gasteiger partial charge is 0.416 e. The van der Waals surface area contributed by atoms with Gasteiger partial charge < -0.3 is 9.88 Å². The molecule has 0 aliphatic carbocycles. The fourth-order valence-electron chi connectivity index (χ4n) is 1.62. The van der Waals surface area contributed by atoms with E-state index in [-0.39, 0.29) is 0 Å². The molecule has 0 fully saturated rings. The summed E-state index contributed by atoms with van der Waals surface area (Å²) in [5, 5.41) is 2.92. The average molecular weight is 218 g/mol. The molecule has 0 unspecified atom stereocenters. The van der Waals surface area contributed by atoms with E-state index >= 15 is 0 Å². The van der Waals surface area contributed by atoms with E-state index in [0.29, 0.717) is 31.4 Å². The zero-order chi connectivity index (χ0) is 11.1. The van der Waals surface area contributed by atoms with Gasteiger partial charge in [-0.15, -0.1) is 0 Å². The van der Waals surface area contributed by atoms with E-state index in [4.69, 9.17) is 0 Å². The second-order valence-corrected chi connectivity index (χ2v) is 3.40. The zero-order valence-electron chi connectivity index (χ0n) is 7.77. The highest BCUT2D eigenvalue weighted by Crippen LogP contribution is 2.28. The van der Waals surface area contributed by atoms with E-state index in [2.05, 4.69) is 5.32 Å². The Morgan fingerprint density at radius 3 is 2.73 bits per heavy atom. The van der Waals surface area contributed by atoms with Crippen LogP contribution in [-0.2, 0) is 19.3 Å². The van der Waals surface area contributed by atoms with Crippen molar-refractivity contribution < 1.29 is 13.2 Å². The van der Waals surface area contributed by atoms with Crippen molar-refractivity contribution in [2.24, 2.45) is 0 Å². The van der Waals surface area contributed by atoms with Crippen LogP contribution in [0.25, 0.3) is 0 Å². The summed E-state index contributed by atoms with van der Waals surface area (Å²) in [7, 11) is 0. The first-order valence-electron chi connectivity index (χ1n) is 4.50. The maximum Gasteiger partial charge on any atom is 0.416 e. The molecule has 0 saturated carbocycles. The van der Waals surface area contributed by atoms with E-state index in [9.17, 15) is 18.0 Å². The number of nitrogens with zero attached hydrogens (tertiary/aromatic N) is 1. The van der Waals surface area contributed by atoms with Crippen LogP contribution in [0.15, 0.2) is 16.9 Å². The number of fused-ring (bicyclic) bond motifs is 1. The minimum absolute atomic E-state index is 0.305. The van der Waals surface area contributed by atoms with Crippen LogP contribution < -0.4 is 10.9 Å². The first-order chi connectivity index (χ1) is 6.98. The van der Waals surface area contributed by atoms with Crippen molar-refractivity contribution in [1.82, 2.24) is 9.88 Å². The Hall–Kier alpha value is -1.30. The molecule has 0 bridgehead atoms. The van der Waals surface area contributed by atoms with Gasteiger partial charge in [-0.05, 0) is 6.07 Å². The minimum atomic E-state index is -4.45. The van der Waals surface area contributed by atoms with Crippen molar-refractivity contribution in [3.8, 4) is 0 Å². The Balaban J connectivity index is 2.55. The third-order valence-corrected chi connectivity index (χ3v) is 2.36. The maximum absolute atomic E-state index is 12.4. The average Bonchev–Trinajstić information content (AvgIpc) is 2.16. The normalized spacial score (nSPS) is 16.2. The Morgan fingerprint density at radius 1 is 1.33 bits per heavy atom. The predicted molar refractivity (Wildman–Crippen MR) is 47.4 cm³/mol. The van der Waals surface area contributed by atoms with Gasteiger partial charge in [0.15, 0.2) is 0 Å². The summed E-state index contributed by atoms with van der Waals surface area (Å²) in [6.07, 6.45) is -4.45. The van der Waals surface area contributed by atoms with Gasteiger partial charge in [-0.1, -0.05) is 0 Å². The van der Waals surface area contributed by atoms with E-state index in [0.717, 1.165) is 6.07 Å². The van der Waals surface area contributed by atoms with Gasteiger partial charge in [0.05, 0.1) is 5.56 Å². The van der Waals surface area contributed by atoms with Crippen molar-refractivity contribution in [2.75, 3.05) is 6.54 Å². The molecule has 6 heteroatoms. The summed E-state index contributed by atoms with van der Waals surface area (Å²) in [5.74, 6) is 0. The molecule has 1 aliphatic heterocycles. The number of nitrogens with one attached hydrogen (secondary N) is 1. The lowest BCUT2D eigenvalue weighted by molar-refractivity contribution is -0.137. The first-order valence-corrected chi connectivity index (χ1v) is 4.50. The van der Waals surface area contributed by atoms with Gasteiger partial charge in [0, 0.05) is 31.4 Å². The van der Waals surface area contributed by atoms with E-state index < -0.39 is 17.3 Å². The van der Waals surface area contributed by atoms with Crippen LogP contribution >= 0.6 is 0 Å². The predicted octanol–water partition coefficient (Wildman–Crippen LogP) is 0.970. The topological polar surface area (TPSA) is 34.0 Å². The number of aromatic nitrogens is 1. The lowest BCUT2D eigenvalue weighted by Crippen LogP contribution is -2.36. The highest BCUT2D eigenvalue weighted by molar-refractivity contribution is 5.21. The van der Waals surface area contributed by atoms with Crippen LogP contribution in [0.1, 0.15) is 11.3 Å². The lowest BCUT2D eigenvalue weighted by Gasteiger charge is -2.20. The van der Waals surface area contributed by atoms with E-state index in [1.165, 1.54) is 4.57 Å². The Kier molecular flexibility index (Phi) is 2.30. The number of halogens is 3. The summed E-state index contributed by atoms with van der Waals surface area (Å²) in [5.41, 5.74) is -1.06. The van der Waals surface area contributed by atoms with E-state index in [1.54, 1.807) is 0 Å². The summed E-state index contributed by atoms with van der Waals surface area (Å²) in [4.78, 5) is 11.4. The molecule has 0 aromatic carbocycles. The van der Waals surface area contributed by atoms with Gasteiger partial charge in [-0.25, -0.2) is 0 Å². The SMILES string of the molecule is O=c1cc(C(F)(F)F)cc2n1CCNC2. The highest BCUT2D eigenvalue weighted by atomic mass is 19.4. The third-order valence-electron chi connectivity index (χ3n) is 2.36. The van der Waals surface area contributed by atoms with E-state index in [1.807, 2.05) is 0 Å². The van der Waals surface area contributed by atoms with Crippen LogP contribution in [0.5, 0.6) is 0 Å². The summed E-state index contributed by atoms with van der Waals surface area (Å²) < 4.78 is 38.5. The molecule has 1 aliphatic rings. The van der Waals surface area contributed by atoms with Crippen molar-refractivity contribution in [3.05, 3.63) is 33.7 Å². The number of pyridine rings is 1. The second-order valence-electron chi connectivity index (χ2n) is 3.40. The molecule has 15 heavy (non-hydrogen) atoms. The van der Waals surface area contributed by atoms with Gasteiger partial charge in [-0.3, -0.25) is 4.79 Å². The van der Waals surface area contributed by atoms with Gasteiger partial charge in [-0.2, -0.15) is 13.2 Å². The van der Waals surface area contributed by atoms with Crippen LogP contribution in [0.4, 0.5) is 13.2 Å². The van der Waals surface area contributed by atoms with Gasteiger partial charge in [0.2, 0.25) is 0 Å². The van der Waals surface area contributed by atoms with Crippen molar-refractivity contribution in [2.45, 2.75) is 19.3 Å². The molecule has 1 aromatic rings. The van der Waals surface area contributed by atoms with Gasteiger partial charge in [0.1, 0.15) is 0 Å². The van der Waals surface area contributed by atoms with Crippen molar-refractivity contribution in [1.29, 1.82) is 0 Å². The number of rotatable bonds is 0. The molecule has 0 amide bonds. The molecule has 0 spiro atoms. The van der Waals surface area contributed by atoms with Crippen LogP contribution in [0.3, 0.4) is 0 Å². The number of alkyl halides is 3. The van der Waals surface area contributed by atoms with Gasteiger partial charge >= 0.3 is 6.18 Å². The second kappa shape index (κ2) is 3.37.